The fourth-order valence-corrected chi connectivity index (χ4v) is 1.67. The Labute approximate surface area is 212 Å². The standard InChI is InChI=1S/C8H8O.C6H11NO.C3H7FO.C2H7N.C2H4.2C2H2.2CH3F/c1-7-2-4-8(6-9)5-3-7;8-6-7-4-2-1-3-5-7;1-3(5)2-4;1-3-2;5*1-2/h2-6H,1H3;6H,1-5H2;3,5H,2H2,1H3;3H,1-2H3;1-2H2;2*1-2H;2*1H3/t;;3-;;;;;;/m..1....../s1. The summed E-state index contributed by atoms with van der Waals surface area (Å²) >= 11 is 0. The SMILES string of the molecule is C#C.C#C.C=C.CF.CF.CNC.C[C@@H](O)CF.Cc1ccc(C=O)cc1.O=CN1CCCCC1. The van der Waals surface area contributed by atoms with Crippen molar-refractivity contribution < 1.29 is 27.9 Å². The second kappa shape index (κ2) is 57.6. The summed E-state index contributed by atoms with van der Waals surface area (Å²) in [5, 5.41) is 10.7. The number of amides is 1. The summed E-state index contributed by atoms with van der Waals surface area (Å²) in [4.78, 5) is 22.0. The van der Waals surface area contributed by atoms with Crippen molar-refractivity contribution in [3.8, 4) is 25.7 Å². The molecule has 0 aromatic heterocycles. The van der Waals surface area contributed by atoms with Crippen molar-refractivity contribution >= 4 is 12.7 Å². The van der Waals surface area contributed by atoms with Crippen LogP contribution in [0.2, 0.25) is 0 Å². The molecule has 0 saturated carbocycles. The minimum Gasteiger partial charge on any atom is -0.391 e. The molecule has 1 aromatic rings. The van der Waals surface area contributed by atoms with Crippen LogP contribution in [0.25, 0.3) is 0 Å². The Hall–Kier alpha value is -3.07. The number of aliphatic hydroxyl groups is 1. The molecule has 5 nitrogen and oxygen atoms in total. The molecule has 1 saturated heterocycles. The molecule has 0 radical (unpaired) electrons. The van der Waals surface area contributed by atoms with Crippen LogP contribution in [0.1, 0.15) is 42.1 Å². The summed E-state index contributed by atoms with van der Waals surface area (Å²) in [6.07, 6.45) is 20.7. The predicted octanol–water partition coefficient (Wildman–Crippen LogP) is 5.08. The second-order valence-corrected chi connectivity index (χ2v) is 5.73. The Morgan fingerprint density at radius 3 is 1.49 bits per heavy atom. The molecular formula is C27H47F3N2O3. The number of carbonyl (C=O) groups excluding carboxylic acids is 2. The summed E-state index contributed by atoms with van der Waals surface area (Å²) in [5.74, 6) is 0. The lowest BCUT2D eigenvalue weighted by atomic mass is 10.1. The Balaban J connectivity index is -0.0000000554. The van der Waals surface area contributed by atoms with Gasteiger partial charge < -0.3 is 15.3 Å². The zero-order valence-corrected chi connectivity index (χ0v) is 22.4. The number of alkyl halides is 3. The Morgan fingerprint density at radius 2 is 1.29 bits per heavy atom. The first kappa shape index (κ1) is 49.1. The molecule has 1 fully saturated rings. The van der Waals surface area contributed by atoms with Crippen molar-refractivity contribution in [3.63, 3.8) is 0 Å². The first-order chi connectivity index (χ1) is 16.9. The molecule has 1 heterocycles. The van der Waals surface area contributed by atoms with Crippen molar-refractivity contribution in [2.75, 3.05) is 48.2 Å². The average molecular weight is 505 g/mol. The van der Waals surface area contributed by atoms with Gasteiger partial charge in [-0.2, -0.15) is 0 Å². The van der Waals surface area contributed by atoms with Gasteiger partial charge in [0.05, 0.1) is 20.5 Å². The maximum absolute atomic E-state index is 10.9. The maximum Gasteiger partial charge on any atom is 0.209 e. The number of benzene rings is 1. The number of halogens is 3. The van der Waals surface area contributed by atoms with Gasteiger partial charge in [-0.25, -0.2) is 4.39 Å². The number of hydrogen-bond acceptors (Lipinski definition) is 4. The van der Waals surface area contributed by atoms with Crippen LogP contribution in [0.4, 0.5) is 13.2 Å². The summed E-state index contributed by atoms with van der Waals surface area (Å²) in [6.45, 7) is 10.7. The van der Waals surface area contributed by atoms with Crippen LogP contribution in [0, 0.1) is 32.6 Å². The van der Waals surface area contributed by atoms with E-state index >= 15 is 0 Å². The largest absolute Gasteiger partial charge is 0.391 e. The fraction of sp³-hybridized carbons (Fsp3) is 0.481. The van der Waals surface area contributed by atoms with Gasteiger partial charge in [0.1, 0.15) is 13.0 Å². The Kier molecular flexibility index (Phi) is 80.9. The highest BCUT2D eigenvalue weighted by Crippen LogP contribution is 2.05. The van der Waals surface area contributed by atoms with E-state index in [9.17, 15) is 22.8 Å². The molecule has 0 bridgehead atoms. The van der Waals surface area contributed by atoms with E-state index in [1.807, 2.05) is 50.2 Å². The number of aldehydes is 1. The summed E-state index contributed by atoms with van der Waals surface area (Å²) in [6, 6.07) is 7.46. The van der Waals surface area contributed by atoms with Gasteiger partial charge in [-0.3, -0.25) is 18.4 Å². The van der Waals surface area contributed by atoms with Gasteiger partial charge in [-0.15, -0.1) is 38.9 Å². The first-order valence-electron chi connectivity index (χ1n) is 10.4. The first-order valence-corrected chi connectivity index (χ1v) is 10.4. The van der Waals surface area contributed by atoms with Crippen LogP contribution in [-0.2, 0) is 4.79 Å². The molecule has 8 heteroatoms. The molecule has 1 amide bonds. The molecule has 0 aliphatic carbocycles. The number of piperidine rings is 1. The Morgan fingerprint density at radius 1 is 0.971 bits per heavy atom. The number of rotatable bonds is 3. The summed E-state index contributed by atoms with van der Waals surface area (Å²) < 4.78 is 29.9. The predicted molar refractivity (Wildman–Crippen MR) is 146 cm³/mol. The number of nitrogens with one attached hydrogen (secondary N) is 1. The number of aryl methyl sites for hydroxylation is 1. The van der Waals surface area contributed by atoms with Crippen LogP contribution in [0.3, 0.4) is 0 Å². The van der Waals surface area contributed by atoms with Crippen molar-refractivity contribution in [2.45, 2.75) is 39.2 Å². The molecule has 1 aliphatic heterocycles. The van der Waals surface area contributed by atoms with Gasteiger partial charge >= 0.3 is 0 Å². The average Bonchev–Trinajstić information content (AvgIpc) is 2.96. The zero-order chi connectivity index (χ0) is 29.5. The molecule has 35 heavy (non-hydrogen) atoms. The van der Waals surface area contributed by atoms with Gasteiger partial charge in [0.25, 0.3) is 0 Å². The van der Waals surface area contributed by atoms with Crippen molar-refractivity contribution in [2.24, 2.45) is 0 Å². The summed E-state index contributed by atoms with van der Waals surface area (Å²) in [7, 11) is 4.75. The van der Waals surface area contributed by atoms with E-state index in [-0.39, 0.29) is 0 Å². The third kappa shape index (κ3) is 59.1. The molecule has 0 spiro atoms. The normalized spacial score (nSPS) is 10.3. The number of aliphatic hydroxyl groups excluding tert-OH is 1. The van der Waals surface area contributed by atoms with E-state index < -0.39 is 12.8 Å². The van der Waals surface area contributed by atoms with Crippen molar-refractivity contribution in [3.05, 3.63) is 48.6 Å². The van der Waals surface area contributed by atoms with E-state index in [4.69, 9.17) is 5.11 Å². The topological polar surface area (TPSA) is 69.6 Å². The quantitative estimate of drug-likeness (QED) is 0.342. The smallest absolute Gasteiger partial charge is 0.209 e. The zero-order valence-electron chi connectivity index (χ0n) is 22.4. The lowest BCUT2D eigenvalue weighted by molar-refractivity contribution is -0.118. The van der Waals surface area contributed by atoms with Crippen molar-refractivity contribution in [1.29, 1.82) is 0 Å². The maximum atomic E-state index is 10.9. The molecular weight excluding hydrogens is 457 g/mol. The molecule has 1 aromatic carbocycles. The molecule has 0 unspecified atom stereocenters. The highest BCUT2D eigenvalue weighted by molar-refractivity contribution is 5.74. The molecule has 1 atom stereocenters. The number of terminal acetylenes is 2. The molecule has 2 rings (SSSR count). The molecule has 2 N–H and O–H groups in total. The minimum absolute atomic E-state index is 0.500. The van der Waals surface area contributed by atoms with Crippen LogP contribution in [0.5, 0.6) is 0 Å². The number of nitrogens with zero attached hydrogens (tertiary/aromatic N) is 1. The lowest BCUT2D eigenvalue weighted by Gasteiger charge is -2.21. The van der Waals surface area contributed by atoms with E-state index in [1.165, 1.54) is 31.7 Å². The van der Waals surface area contributed by atoms with Gasteiger partial charge in [0.15, 0.2) is 0 Å². The van der Waals surface area contributed by atoms with Crippen LogP contribution >= 0.6 is 0 Å². The third-order valence-corrected chi connectivity index (χ3v) is 2.98. The third-order valence-electron chi connectivity index (χ3n) is 2.98. The van der Waals surface area contributed by atoms with Gasteiger partial charge in [0, 0.05) is 18.7 Å². The van der Waals surface area contributed by atoms with Gasteiger partial charge in [-0.05, 0) is 47.2 Å². The highest BCUT2D eigenvalue weighted by Gasteiger charge is 2.05. The van der Waals surface area contributed by atoms with E-state index in [0.717, 1.165) is 31.3 Å². The minimum atomic E-state index is -0.782. The lowest BCUT2D eigenvalue weighted by Crippen LogP contribution is -2.27. The van der Waals surface area contributed by atoms with E-state index in [2.05, 4.69) is 44.2 Å². The molecule has 1 aliphatic rings. The van der Waals surface area contributed by atoms with Crippen LogP contribution in [0.15, 0.2) is 37.4 Å². The van der Waals surface area contributed by atoms with E-state index in [0.29, 0.717) is 14.4 Å². The van der Waals surface area contributed by atoms with Gasteiger partial charge in [-0.1, -0.05) is 29.8 Å². The number of likely N-dealkylation sites (tertiary alicyclic amines) is 1. The Bertz CT molecular complexity index is 511. The monoisotopic (exact) mass is 504 g/mol. The second-order valence-electron chi connectivity index (χ2n) is 5.73. The number of carbonyl (C=O) groups is 2. The van der Waals surface area contributed by atoms with Crippen LogP contribution in [-0.4, -0.2) is 77.0 Å². The highest BCUT2D eigenvalue weighted by atomic mass is 19.1. The fourth-order valence-electron chi connectivity index (χ4n) is 1.67. The van der Waals surface area contributed by atoms with Gasteiger partial charge in [0.2, 0.25) is 6.41 Å². The van der Waals surface area contributed by atoms with E-state index in [1.54, 1.807) is 0 Å². The van der Waals surface area contributed by atoms with Crippen molar-refractivity contribution in [1.82, 2.24) is 10.2 Å². The molecule has 204 valence electrons. The van der Waals surface area contributed by atoms with Crippen LogP contribution < -0.4 is 5.32 Å². The summed E-state index contributed by atoms with van der Waals surface area (Å²) in [5.41, 5.74) is 1.92. The number of hydrogen-bond donors (Lipinski definition) is 2.